The molecule has 0 heterocycles. The maximum absolute atomic E-state index is 12.1. The van der Waals surface area contributed by atoms with Crippen LogP contribution < -0.4 is 5.32 Å². The number of esters is 1. The predicted octanol–water partition coefficient (Wildman–Crippen LogP) is 1.78. The number of benzene rings is 1. The van der Waals surface area contributed by atoms with Crippen LogP contribution in [0.4, 0.5) is 0 Å². The minimum atomic E-state index is -0.951. The molecule has 1 rings (SSSR count). The SMILES string of the molecule is CCOC(=O)[C@H](c1ccccc1)C(C)N[C@@H](C)C(=O)O. The number of rotatable bonds is 7. The van der Waals surface area contributed by atoms with Crippen molar-refractivity contribution in [3.63, 3.8) is 0 Å². The van der Waals surface area contributed by atoms with E-state index in [4.69, 9.17) is 9.84 Å². The molecule has 0 radical (unpaired) electrons. The molecule has 3 atom stereocenters. The maximum atomic E-state index is 12.1. The van der Waals surface area contributed by atoms with Gasteiger partial charge in [-0.3, -0.25) is 9.59 Å². The summed E-state index contributed by atoms with van der Waals surface area (Å²) in [6.45, 7) is 5.38. The molecule has 0 aliphatic rings. The summed E-state index contributed by atoms with van der Waals surface area (Å²) >= 11 is 0. The fraction of sp³-hybridized carbons (Fsp3) is 0.467. The molecule has 2 N–H and O–H groups in total. The van der Waals surface area contributed by atoms with Gasteiger partial charge in [-0.05, 0) is 26.3 Å². The van der Waals surface area contributed by atoms with E-state index in [-0.39, 0.29) is 12.0 Å². The smallest absolute Gasteiger partial charge is 0.320 e. The lowest BCUT2D eigenvalue weighted by atomic mass is 9.92. The van der Waals surface area contributed by atoms with Crippen molar-refractivity contribution < 1.29 is 19.4 Å². The number of ether oxygens (including phenoxy) is 1. The first kappa shape index (κ1) is 16.2. The summed E-state index contributed by atoms with van der Waals surface area (Å²) in [5.41, 5.74) is 0.809. The van der Waals surface area contributed by atoms with Crippen molar-refractivity contribution in [3.05, 3.63) is 35.9 Å². The average Bonchev–Trinajstić information content (AvgIpc) is 2.40. The summed E-state index contributed by atoms with van der Waals surface area (Å²) in [6, 6.07) is 8.15. The maximum Gasteiger partial charge on any atom is 0.320 e. The van der Waals surface area contributed by atoms with Crippen molar-refractivity contribution in [2.45, 2.75) is 38.8 Å². The van der Waals surface area contributed by atoms with E-state index in [0.717, 1.165) is 5.56 Å². The molecule has 1 unspecified atom stereocenters. The van der Waals surface area contributed by atoms with Gasteiger partial charge in [0, 0.05) is 6.04 Å². The second-order valence-electron chi connectivity index (χ2n) is 4.66. The van der Waals surface area contributed by atoms with Gasteiger partial charge in [-0.15, -0.1) is 0 Å². The van der Waals surface area contributed by atoms with Crippen LogP contribution in [-0.2, 0) is 14.3 Å². The second kappa shape index (κ2) is 7.65. The lowest BCUT2D eigenvalue weighted by Crippen LogP contribution is -2.45. The number of nitrogens with one attached hydrogen (secondary N) is 1. The quantitative estimate of drug-likeness (QED) is 0.744. The van der Waals surface area contributed by atoms with Gasteiger partial charge in [0.1, 0.15) is 6.04 Å². The number of hydrogen-bond acceptors (Lipinski definition) is 4. The zero-order chi connectivity index (χ0) is 15.1. The lowest BCUT2D eigenvalue weighted by molar-refractivity contribution is -0.146. The molecule has 0 amide bonds. The Morgan fingerprint density at radius 1 is 1.25 bits per heavy atom. The third-order valence-electron chi connectivity index (χ3n) is 3.08. The number of carbonyl (C=O) groups is 2. The predicted molar refractivity (Wildman–Crippen MR) is 75.5 cm³/mol. The molecular weight excluding hydrogens is 258 g/mol. The standard InChI is InChI=1S/C15H21NO4/c1-4-20-15(19)13(12-8-6-5-7-9-12)10(2)16-11(3)14(17)18/h5-11,13,16H,4H2,1-3H3,(H,17,18)/t10?,11-,13-/m0/s1. The van der Waals surface area contributed by atoms with Crippen LogP contribution in [0.3, 0.4) is 0 Å². The van der Waals surface area contributed by atoms with Gasteiger partial charge in [0.25, 0.3) is 0 Å². The number of carbonyl (C=O) groups excluding carboxylic acids is 1. The summed E-state index contributed by atoms with van der Waals surface area (Å²) < 4.78 is 5.10. The first-order valence-corrected chi connectivity index (χ1v) is 6.67. The molecule has 5 nitrogen and oxygen atoms in total. The van der Waals surface area contributed by atoms with Crippen LogP contribution in [0.15, 0.2) is 30.3 Å². The number of aliphatic carboxylic acids is 1. The van der Waals surface area contributed by atoms with Crippen molar-refractivity contribution >= 4 is 11.9 Å². The van der Waals surface area contributed by atoms with Crippen LogP contribution in [0.1, 0.15) is 32.3 Å². The van der Waals surface area contributed by atoms with E-state index in [1.165, 1.54) is 0 Å². The van der Waals surface area contributed by atoms with Crippen LogP contribution >= 0.6 is 0 Å². The third kappa shape index (κ3) is 4.35. The van der Waals surface area contributed by atoms with Gasteiger partial charge in [0.15, 0.2) is 0 Å². The molecule has 20 heavy (non-hydrogen) atoms. The molecule has 0 fully saturated rings. The Balaban J connectivity index is 2.93. The normalized spacial score (nSPS) is 15.2. The van der Waals surface area contributed by atoms with Gasteiger partial charge in [-0.1, -0.05) is 30.3 Å². The zero-order valence-corrected chi connectivity index (χ0v) is 12.0. The van der Waals surface area contributed by atoms with E-state index < -0.39 is 17.9 Å². The molecule has 0 bridgehead atoms. The Morgan fingerprint density at radius 3 is 2.35 bits per heavy atom. The monoisotopic (exact) mass is 279 g/mol. The lowest BCUT2D eigenvalue weighted by Gasteiger charge is -2.25. The van der Waals surface area contributed by atoms with Crippen LogP contribution in [0.5, 0.6) is 0 Å². The van der Waals surface area contributed by atoms with E-state index in [0.29, 0.717) is 6.61 Å². The van der Waals surface area contributed by atoms with Gasteiger partial charge >= 0.3 is 11.9 Å². The second-order valence-corrected chi connectivity index (χ2v) is 4.66. The van der Waals surface area contributed by atoms with Crippen LogP contribution in [-0.4, -0.2) is 35.7 Å². The minimum Gasteiger partial charge on any atom is -0.480 e. The molecule has 0 aliphatic carbocycles. The van der Waals surface area contributed by atoms with Crippen molar-refractivity contribution in [2.24, 2.45) is 0 Å². The third-order valence-corrected chi connectivity index (χ3v) is 3.08. The number of hydrogen-bond donors (Lipinski definition) is 2. The summed E-state index contributed by atoms with van der Waals surface area (Å²) in [7, 11) is 0. The largest absolute Gasteiger partial charge is 0.480 e. The minimum absolute atomic E-state index is 0.295. The van der Waals surface area contributed by atoms with Gasteiger partial charge in [-0.25, -0.2) is 0 Å². The Labute approximate surface area is 118 Å². The highest BCUT2D eigenvalue weighted by molar-refractivity contribution is 5.79. The van der Waals surface area contributed by atoms with Crippen molar-refractivity contribution in [2.75, 3.05) is 6.61 Å². The van der Waals surface area contributed by atoms with Gasteiger partial charge < -0.3 is 15.2 Å². The molecule has 110 valence electrons. The molecular formula is C15H21NO4. The van der Waals surface area contributed by atoms with Crippen molar-refractivity contribution in [1.29, 1.82) is 0 Å². The summed E-state index contributed by atoms with van der Waals surface area (Å²) in [4.78, 5) is 23.0. The molecule has 1 aromatic carbocycles. The van der Waals surface area contributed by atoms with Gasteiger partial charge in [-0.2, -0.15) is 0 Å². The molecule has 0 saturated carbocycles. The number of carboxylic acids is 1. The summed E-state index contributed by atoms with van der Waals surface area (Å²) in [5, 5.41) is 11.9. The van der Waals surface area contributed by atoms with Crippen molar-refractivity contribution in [1.82, 2.24) is 5.32 Å². The first-order chi connectivity index (χ1) is 9.47. The van der Waals surface area contributed by atoms with Gasteiger partial charge in [0.2, 0.25) is 0 Å². The Hall–Kier alpha value is -1.88. The Kier molecular flexibility index (Phi) is 6.18. The Morgan fingerprint density at radius 2 is 1.85 bits per heavy atom. The van der Waals surface area contributed by atoms with E-state index >= 15 is 0 Å². The molecule has 0 saturated heterocycles. The van der Waals surface area contributed by atoms with Crippen LogP contribution in [0, 0.1) is 0 Å². The van der Waals surface area contributed by atoms with Gasteiger partial charge in [0.05, 0.1) is 12.5 Å². The van der Waals surface area contributed by atoms with Crippen LogP contribution in [0.2, 0.25) is 0 Å². The fourth-order valence-electron chi connectivity index (χ4n) is 2.08. The fourth-order valence-corrected chi connectivity index (χ4v) is 2.08. The highest BCUT2D eigenvalue weighted by Crippen LogP contribution is 2.22. The van der Waals surface area contributed by atoms with E-state index in [1.807, 2.05) is 30.3 Å². The van der Waals surface area contributed by atoms with E-state index in [2.05, 4.69) is 5.32 Å². The first-order valence-electron chi connectivity index (χ1n) is 6.67. The molecule has 0 aliphatic heterocycles. The molecule has 0 spiro atoms. The van der Waals surface area contributed by atoms with E-state index in [9.17, 15) is 9.59 Å². The van der Waals surface area contributed by atoms with E-state index in [1.54, 1.807) is 20.8 Å². The van der Waals surface area contributed by atoms with Crippen molar-refractivity contribution in [3.8, 4) is 0 Å². The number of carboxylic acid groups (broad SMARTS) is 1. The Bertz CT molecular complexity index is 446. The van der Waals surface area contributed by atoms with Crippen LogP contribution in [0.25, 0.3) is 0 Å². The molecule has 0 aromatic heterocycles. The molecule has 1 aromatic rings. The summed E-state index contributed by atoms with van der Waals surface area (Å²) in [6.07, 6.45) is 0. The average molecular weight is 279 g/mol. The highest BCUT2D eigenvalue weighted by atomic mass is 16.5. The molecule has 5 heteroatoms. The highest BCUT2D eigenvalue weighted by Gasteiger charge is 2.30. The summed E-state index contributed by atoms with van der Waals surface area (Å²) in [5.74, 6) is -1.83. The topological polar surface area (TPSA) is 75.6 Å². The zero-order valence-electron chi connectivity index (χ0n) is 12.0.